The quantitative estimate of drug-likeness (QED) is 0.559. The van der Waals surface area contributed by atoms with Crippen molar-refractivity contribution in [3.05, 3.63) is 64.9 Å². The summed E-state index contributed by atoms with van der Waals surface area (Å²) < 4.78 is 23.6. The summed E-state index contributed by atoms with van der Waals surface area (Å²) in [6.07, 6.45) is 1.70. The van der Waals surface area contributed by atoms with Crippen LogP contribution in [0, 0.1) is 5.82 Å². The van der Waals surface area contributed by atoms with Crippen molar-refractivity contribution < 1.29 is 23.5 Å². The second-order valence-corrected chi connectivity index (χ2v) is 5.90. The highest BCUT2D eigenvalue weighted by Gasteiger charge is 2.18. The smallest absolute Gasteiger partial charge is 0.331 e. The molecule has 0 saturated carbocycles. The molecule has 0 radical (unpaired) electrons. The van der Waals surface area contributed by atoms with Crippen LogP contribution >= 0.6 is 11.6 Å². The third-order valence-electron chi connectivity index (χ3n) is 3.47. The van der Waals surface area contributed by atoms with Crippen molar-refractivity contribution >= 4 is 35.2 Å². The molecule has 2 rings (SSSR count). The summed E-state index contributed by atoms with van der Waals surface area (Å²) >= 11 is 5.86. The minimum Gasteiger partial charge on any atom is -0.493 e. The van der Waals surface area contributed by atoms with E-state index < -0.39 is 23.8 Å². The number of amides is 1. The minimum atomic E-state index is -1.06. The zero-order valence-corrected chi connectivity index (χ0v) is 15.6. The van der Waals surface area contributed by atoms with E-state index in [0.29, 0.717) is 17.9 Å². The van der Waals surface area contributed by atoms with Gasteiger partial charge in [-0.05, 0) is 44.2 Å². The SMILES string of the molecule is CCOc1ccccc1/C=C/C(=O)O[C@@H](C)C(=O)Nc1ccc(F)cc1Cl. The van der Waals surface area contributed by atoms with Crippen molar-refractivity contribution in [2.45, 2.75) is 20.0 Å². The van der Waals surface area contributed by atoms with Crippen molar-refractivity contribution in [2.24, 2.45) is 0 Å². The van der Waals surface area contributed by atoms with E-state index in [9.17, 15) is 14.0 Å². The number of nitrogens with one attached hydrogen (secondary N) is 1. The molecule has 0 heterocycles. The van der Waals surface area contributed by atoms with Gasteiger partial charge in [-0.2, -0.15) is 0 Å². The predicted octanol–water partition coefficient (Wildman–Crippen LogP) is 4.46. The fourth-order valence-electron chi connectivity index (χ4n) is 2.16. The molecule has 0 spiro atoms. The first-order chi connectivity index (χ1) is 12.9. The van der Waals surface area contributed by atoms with Gasteiger partial charge in [-0.1, -0.05) is 29.8 Å². The number of carbonyl (C=O) groups is 2. The van der Waals surface area contributed by atoms with Gasteiger partial charge < -0.3 is 14.8 Å². The molecule has 0 bridgehead atoms. The van der Waals surface area contributed by atoms with E-state index in [1.54, 1.807) is 18.2 Å². The highest BCUT2D eigenvalue weighted by atomic mass is 35.5. The maximum atomic E-state index is 13.0. The normalized spacial score (nSPS) is 11.9. The minimum absolute atomic E-state index is 0.0503. The third-order valence-corrected chi connectivity index (χ3v) is 3.78. The number of benzene rings is 2. The van der Waals surface area contributed by atoms with E-state index >= 15 is 0 Å². The zero-order chi connectivity index (χ0) is 19.8. The molecule has 7 heteroatoms. The molecule has 27 heavy (non-hydrogen) atoms. The summed E-state index contributed by atoms with van der Waals surface area (Å²) in [7, 11) is 0. The van der Waals surface area contributed by atoms with Gasteiger partial charge in [-0.25, -0.2) is 9.18 Å². The van der Waals surface area contributed by atoms with E-state index in [-0.39, 0.29) is 10.7 Å². The number of ether oxygens (including phenoxy) is 2. The second-order valence-electron chi connectivity index (χ2n) is 5.50. The second kappa shape index (κ2) is 9.73. The molecule has 0 aromatic heterocycles. The van der Waals surface area contributed by atoms with E-state index in [1.807, 2.05) is 19.1 Å². The van der Waals surface area contributed by atoms with E-state index in [0.717, 1.165) is 12.1 Å². The first-order valence-electron chi connectivity index (χ1n) is 8.27. The highest BCUT2D eigenvalue weighted by Crippen LogP contribution is 2.23. The lowest BCUT2D eigenvalue weighted by Gasteiger charge is -2.13. The molecular formula is C20H19ClFNO4. The van der Waals surface area contributed by atoms with Gasteiger partial charge >= 0.3 is 5.97 Å². The number of esters is 1. The zero-order valence-electron chi connectivity index (χ0n) is 14.9. The summed E-state index contributed by atoms with van der Waals surface area (Å²) in [5, 5.41) is 2.53. The van der Waals surface area contributed by atoms with Gasteiger partial charge in [0.15, 0.2) is 6.10 Å². The van der Waals surface area contributed by atoms with Gasteiger partial charge in [0.25, 0.3) is 5.91 Å². The Morgan fingerprint density at radius 2 is 2.00 bits per heavy atom. The summed E-state index contributed by atoms with van der Waals surface area (Å²) in [5.41, 5.74) is 0.943. The van der Waals surface area contributed by atoms with Gasteiger partial charge in [-0.3, -0.25) is 4.79 Å². The molecule has 0 unspecified atom stereocenters. The predicted molar refractivity (Wildman–Crippen MR) is 102 cm³/mol. The molecule has 0 fully saturated rings. The van der Waals surface area contributed by atoms with Crippen LogP contribution in [0.1, 0.15) is 19.4 Å². The van der Waals surface area contributed by atoms with Crippen LogP contribution in [0.4, 0.5) is 10.1 Å². The summed E-state index contributed by atoms with van der Waals surface area (Å²) in [4.78, 5) is 24.1. The average molecular weight is 392 g/mol. The van der Waals surface area contributed by atoms with Crippen molar-refractivity contribution in [1.29, 1.82) is 0 Å². The van der Waals surface area contributed by atoms with Crippen LogP contribution in [0.2, 0.25) is 5.02 Å². The van der Waals surface area contributed by atoms with E-state index in [2.05, 4.69) is 5.32 Å². The van der Waals surface area contributed by atoms with Crippen molar-refractivity contribution in [1.82, 2.24) is 0 Å². The Kier molecular flexibility index (Phi) is 7.37. The van der Waals surface area contributed by atoms with Gasteiger partial charge in [0, 0.05) is 11.6 Å². The number of anilines is 1. The number of para-hydroxylation sites is 1. The third kappa shape index (κ3) is 6.11. The van der Waals surface area contributed by atoms with E-state index in [1.165, 1.54) is 19.1 Å². The van der Waals surface area contributed by atoms with Crippen LogP contribution in [0.15, 0.2) is 48.5 Å². The van der Waals surface area contributed by atoms with Crippen LogP contribution in [-0.2, 0) is 14.3 Å². The molecule has 5 nitrogen and oxygen atoms in total. The molecule has 2 aromatic rings. The van der Waals surface area contributed by atoms with Crippen LogP contribution in [0.3, 0.4) is 0 Å². The largest absolute Gasteiger partial charge is 0.493 e. The lowest BCUT2D eigenvalue weighted by atomic mass is 10.2. The van der Waals surface area contributed by atoms with Gasteiger partial charge in [0.1, 0.15) is 11.6 Å². The Morgan fingerprint density at radius 1 is 1.26 bits per heavy atom. The van der Waals surface area contributed by atoms with Crippen LogP contribution in [0.5, 0.6) is 5.75 Å². The van der Waals surface area contributed by atoms with Gasteiger partial charge in [0.2, 0.25) is 0 Å². The first-order valence-corrected chi connectivity index (χ1v) is 8.65. The summed E-state index contributed by atoms with van der Waals surface area (Å²) in [6, 6.07) is 10.8. The monoisotopic (exact) mass is 391 g/mol. The Bertz CT molecular complexity index is 854. The van der Waals surface area contributed by atoms with Gasteiger partial charge in [-0.15, -0.1) is 0 Å². The van der Waals surface area contributed by atoms with Crippen LogP contribution in [-0.4, -0.2) is 24.6 Å². The summed E-state index contributed by atoms with van der Waals surface area (Å²) in [6.45, 7) is 3.79. The molecule has 0 saturated heterocycles. The standard InChI is InChI=1S/C20H19ClFNO4/c1-3-26-18-7-5-4-6-14(18)8-11-19(24)27-13(2)20(25)23-17-10-9-15(22)12-16(17)21/h4-13H,3H2,1-2H3,(H,23,25)/b11-8+/t13-/m0/s1. The Labute approximate surface area is 161 Å². The number of hydrogen-bond acceptors (Lipinski definition) is 4. The number of carbonyl (C=O) groups excluding carboxylic acids is 2. The van der Waals surface area contributed by atoms with E-state index in [4.69, 9.17) is 21.1 Å². The molecule has 2 aromatic carbocycles. The molecule has 1 amide bonds. The lowest BCUT2D eigenvalue weighted by Crippen LogP contribution is -2.29. The first kappa shape index (κ1) is 20.5. The molecule has 0 aliphatic heterocycles. The fraction of sp³-hybridized carbons (Fsp3) is 0.200. The van der Waals surface area contributed by atoms with Crippen molar-refractivity contribution in [3.8, 4) is 5.75 Å². The summed E-state index contributed by atoms with van der Waals surface area (Å²) in [5.74, 6) is -1.15. The molecular weight excluding hydrogens is 373 g/mol. The molecule has 1 atom stereocenters. The van der Waals surface area contributed by atoms with Crippen LogP contribution in [0.25, 0.3) is 6.08 Å². The maximum absolute atomic E-state index is 13.0. The Hall–Kier alpha value is -2.86. The Balaban J connectivity index is 1.95. The van der Waals surface area contributed by atoms with Crippen molar-refractivity contribution in [3.63, 3.8) is 0 Å². The fourth-order valence-corrected chi connectivity index (χ4v) is 2.37. The van der Waals surface area contributed by atoms with Gasteiger partial charge in [0.05, 0.1) is 17.3 Å². The number of rotatable bonds is 7. The number of halogens is 2. The average Bonchev–Trinajstić information content (AvgIpc) is 2.63. The highest BCUT2D eigenvalue weighted by molar-refractivity contribution is 6.33. The maximum Gasteiger partial charge on any atom is 0.331 e. The lowest BCUT2D eigenvalue weighted by molar-refractivity contribution is -0.148. The van der Waals surface area contributed by atoms with Crippen LogP contribution < -0.4 is 10.1 Å². The molecule has 1 N–H and O–H groups in total. The van der Waals surface area contributed by atoms with Crippen molar-refractivity contribution in [2.75, 3.05) is 11.9 Å². The number of hydrogen-bond donors (Lipinski definition) is 1. The molecule has 0 aliphatic rings. The topological polar surface area (TPSA) is 64.6 Å². The molecule has 142 valence electrons. The molecule has 0 aliphatic carbocycles. The Morgan fingerprint density at radius 3 is 2.70 bits per heavy atom.